The minimum absolute atomic E-state index is 0.103. The lowest BCUT2D eigenvalue weighted by molar-refractivity contribution is -0.123. The van der Waals surface area contributed by atoms with Crippen LogP contribution in [0.25, 0.3) is 6.08 Å². The summed E-state index contributed by atoms with van der Waals surface area (Å²) in [5.41, 5.74) is 5.94. The van der Waals surface area contributed by atoms with Gasteiger partial charge in [0, 0.05) is 18.3 Å². The van der Waals surface area contributed by atoms with Gasteiger partial charge < -0.3 is 10.2 Å². The number of benzene rings is 2. The van der Waals surface area contributed by atoms with Crippen molar-refractivity contribution in [1.82, 2.24) is 10.2 Å². The minimum Gasteiger partial charge on any atom is -0.369 e. The van der Waals surface area contributed by atoms with Gasteiger partial charge in [0.05, 0.1) is 6.54 Å². The lowest BCUT2D eigenvalue weighted by Crippen LogP contribution is -2.45. The van der Waals surface area contributed by atoms with Gasteiger partial charge in [-0.1, -0.05) is 37.3 Å². The highest BCUT2D eigenvalue weighted by Gasteiger charge is 2.36. The van der Waals surface area contributed by atoms with Crippen LogP contribution < -0.4 is 10.2 Å². The third-order valence-electron chi connectivity index (χ3n) is 6.47. The van der Waals surface area contributed by atoms with E-state index in [2.05, 4.69) is 57.1 Å². The number of hydrogen-bond acceptors (Lipinski definition) is 3. The molecular weight excluding hydrogens is 374 g/mol. The summed E-state index contributed by atoms with van der Waals surface area (Å²) < 4.78 is 0. The van der Waals surface area contributed by atoms with E-state index in [4.69, 9.17) is 0 Å². The van der Waals surface area contributed by atoms with Crippen molar-refractivity contribution in [1.29, 1.82) is 0 Å². The zero-order chi connectivity index (χ0) is 21.6. The SMILES string of the molecule is Cc1cc2c(cc1/C=C1/NC(=O)N(Cc3ccccc3)C1=O)C(C)CC(C)(C)N2C. The Balaban J connectivity index is 1.65. The molecule has 1 N–H and O–H groups in total. The van der Waals surface area contributed by atoms with Crippen molar-refractivity contribution in [3.05, 3.63) is 70.4 Å². The average molecular weight is 404 g/mol. The molecule has 3 amide bonds. The second kappa shape index (κ2) is 7.31. The molecule has 30 heavy (non-hydrogen) atoms. The summed E-state index contributed by atoms with van der Waals surface area (Å²) in [4.78, 5) is 28.9. The average Bonchev–Trinajstić information content (AvgIpc) is 2.95. The molecule has 1 unspecified atom stereocenters. The van der Waals surface area contributed by atoms with E-state index >= 15 is 0 Å². The molecule has 5 heteroatoms. The number of nitrogens with zero attached hydrogens (tertiary/aromatic N) is 2. The molecule has 0 aliphatic carbocycles. The summed E-state index contributed by atoms with van der Waals surface area (Å²) >= 11 is 0. The van der Waals surface area contributed by atoms with Crippen molar-refractivity contribution >= 4 is 23.7 Å². The van der Waals surface area contributed by atoms with Gasteiger partial charge in [-0.25, -0.2) is 4.79 Å². The summed E-state index contributed by atoms with van der Waals surface area (Å²) in [7, 11) is 2.14. The maximum atomic E-state index is 12.9. The highest BCUT2D eigenvalue weighted by atomic mass is 16.2. The van der Waals surface area contributed by atoms with E-state index in [0.29, 0.717) is 11.6 Å². The van der Waals surface area contributed by atoms with Crippen molar-refractivity contribution in [2.45, 2.75) is 52.1 Å². The Morgan fingerprint density at radius 3 is 2.57 bits per heavy atom. The minimum atomic E-state index is -0.374. The van der Waals surface area contributed by atoms with Crippen LogP contribution in [0.1, 0.15) is 55.4 Å². The van der Waals surface area contributed by atoms with E-state index in [1.54, 1.807) is 0 Å². The molecule has 1 fully saturated rings. The van der Waals surface area contributed by atoms with E-state index in [1.165, 1.54) is 16.2 Å². The highest BCUT2D eigenvalue weighted by molar-refractivity contribution is 6.14. The number of urea groups is 1. The van der Waals surface area contributed by atoms with Gasteiger partial charge in [0.25, 0.3) is 5.91 Å². The van der Waals surface area contributed by atoms with Crippen LogP contribution in [0.15, 0.2) is 48.2 Å². The fourth-order valence-corrected chi connectivity index (χ4v) is 4.53. The predicted octanol–water partition coefficient (Wildman–Crippen LogP) is 4.81. The maximum absolute atomic E-state index is 12.9. The standard InChI is InChI=1S/C25H29N3O2/c1-16-11-22-20(17(2)14-25(3,4)27(22)5)12-19(16)13-21-23(29)28(24(30)26-21)15-18-9-7-6-8-10-18/h6-13,17H,14-15H2,1-5H3,(H,26,30)/b21-13+. The predicted molar refractivity (Wildman–Crippen MR) is 120 cm³/mol. The van der Waals surface area contributed by atoms with Crippen LogP contribution in [-0.2, 0) is 11.3 Å². The summed E-state index contributed by atoms with van der Waals surface area (Å²) in [6, 6.07) is 13.5. The summed E-state index contributed by atoms with van der Waals surface area (Å²) in [5.74, 6) is 0.139. The Morgan fingerprint density at radius 2 is 1.87 bits per heavy atom. The molecule has 5 nitrogen and oxygen atoms in total. The van der Waals surface area contributed by atoms with Crippen LogP contribution in [-0.4, -0.2) is 29.4 Å². The molecule has 2 aliphatic rings. The highest BCUT2D eigenvalue weighted by Crippen LogP contribution is 2.43. The Kier molecular flexibility index (Phi) is 4.92. The first-order chi connectivity index (χ1) is 14.2. The summed E-state index contributed by atoms with van der Waals surface area (Å²) in [6.07, 6.45) is 2.88. The van der Waals surface area contributed by atoms with Crippen molar-refractivity contribution < 1.29 is 9.59 Å². The van der Waals surface area contributed by atoms with Gasteiger partial charge in [-0.3, -0.25) is 9.69 Å². The van der Waals surface area contributed by atoms with Gasteiger partial charge >= 0.3 is 6.03 Å². The van der Waals surface area contributed by atoms with Gasteiger partial charge in [-0.15, -0.1) is 0 Å². The van der Waals surface area contributed by atoms with Crippen LogP contribution in [0.3, 0.4) is 0 Å². The van der Waals surface area contributed by atoms with Gasteiger partial charge in [-0.05, 0) is 73.6 Å². The molecule has 2 heterocycles. The monoisotopic (exact) mass is 403 g/mol. The summed E-state index contributed by atoms with van der Waals surface area (Å²) in [5, 5.41) is 2.75. The molecule has 0 bridgehead atoms. The van der Waals surface area contributed by atoms with E-state index in [0.717, 1.165) is 23.1 Å². The van der Waals surface area contributed by atoms with Crippen molar-refractivity contribution in [3.8, 4) is 0 Å². The first-order valence-corrected chi connectivity index (χ1v) is 10.4. The number of carbonyl (C=O) groups is 2. The Labute approximate surface area is 178 Å². The molecule has 2 aromatic carbocycles. The number of hydrogen-bond donors (Lipinski definition) is 1. The number of carbonyl (C=O) groups excluding carboxylic acids is 2. The van der Waals surface area contributed by atoms with Crippen molar-refractivity contribution in [3.63, 3.8) is 0 Å². The second-order valence-electron chi connectivity index (χ2n) is 9.11. The van der Waals surface area contributed by atoms with E-state index < -0.39 is 0 Å². The van der Waals surface area contributed by atoms with E-state index in [1.807, 2.05) is 36.4 Å². The Morgan fingerprint density at radius 1 is 1.17 bits per heavy atom. The van der Waals surface area contributed by atoms with E-state index in [-0.39, 0.29) is 24.0 Å². The normalized spacial score (nSPS) is 21.8. The van der Waals surface area contributed by atoms with E-state index in [9.17, 15) is 9.59 Å². The molecule has 1 atom stereocenters. The topological polar surface area (TPSA) is 52.7 Å². The Hall–Kier alpha value is -3.08. The number of rotatable bonds is 3. The summed E-state index contributed by atoms with van der Waals surface area (Å²) in [6.45, 7) is 9.11. The van der Waals surface area contributed by atoms with Crippen LogP contribution in [0.2, 0.25) is 0 Å². The zero-order valence-corrected chi connectivity index (χ0v) is 18.3. The number of nitrogens with one attached hydrogen (secondary N) is 1. The van der Waals surface area contributed by atoms with Crippen LogP contribution >= 0.6 is 0 Å². The molecule has 0 saturated carbocycles. The molecule has 2 aromatic rings. The molecular formula is C25H29N3O2. The fourth-order valence-electron chi connectivity index (χ4n) is 4.53. The lowest BCUT2D eigenvalue weighted by Gasteiger charge is -2.45. The van der Waals surface area contributed by atoms with Gasteiger partial charge in [-0.2, -0.15) is 0 Å². The molecule has 4 rings (SSSR count). The van der Waals surface area contributed by atoms with Crippen LogP contribution in [0, 0.1) is 6.92 Å². The fraction of sp³-hybridized carbons (Fsp3) is 0.360. The largest absolute Gasteiger partial charge is 0.369 e. The van der Waals surface area contributed by atoms with Crippen molar-refractivity contribution in [2.75, 3.05) is 11.9 Å². The van der Waals surface area contributed by atoms with Crippen molar-refractivity contribution in [2.24, 2.45) is 0 Å². The molecule has 0 spiro atoms. The smallest absolute Gasteiger partial charge is 0.329 e. The molecule has 2 aliphatic heterocycles. The van der Waals surface area contributed by atoms with Crippen LogP contribution in [0.4, 0.5) is 10.5 Å². The van der Waals surface area contributed by atoms with Crippen LogP contribution in [0.5, 0.6) is 0 Å². The number of fused-ring (bicyclic) bond motifs is 1. The first-order valence-electron chi connectivity index (χ1n) is 10.4. The van der Waals surface area contributed by atoms with Gasteiger partial charge in [0.1, 0.15) is 5.70 Å². The number of aryl methyl sites for hydroxylation is 1. The second-order valence-corrected chi connectivity index (χ2v) is 9.11. The number of amides is 3. The third kappa shape index (κ3) is 3.49. The number of anilines is 1. The lowest BCUT2D eigenvalue weighted by atomic mass is 9.79. The molecule has 156 valence electrons. The molecule has 0 aromatic heterocycles. The van der Waals surface area contributed by atoms with Gasteiger partial charge in [0.2, 0.25) is 0 Å². The molecule has 0 radical (unpaired) electrons. The third-order valence-corrected chi connectivity index (χ3v) is 6.47. The Bertz CT molecular complexity index is 1040. The first kappa shape index (κ1) is 20.2. The molecule has 1 saturated heterocycles. The number of imide groups is 1. The van der Waals surface area contributed by atoms with Gasteiger partial charge in [0.15, 0.2) is 0 Å². The zero-order valence-electron chi connectivity index (χ0n) is 18.3. The quantitative estimate of drug-likeness (QED) is 0.591. The maximum Gasteiger partial charge on any atom is 0.329 e.